The van der Waals surface area contributed by atoms with Crippen LogP contribution in [0.3, 0.4) is 0 Å². The molecule has 1 aliphatic rings. The average Bonchev–Trinajstić information content (AvgIpc) is 2.92. The molecule has 1 saturated heterocycles. The highest BCUT2D eigenvalue weighted by molar-refractivity contribution is 7.71. The minimum absolute atomic E-state index is 0.0281. The highest BCUT2D eigenvalue weighted by Crippen LogP contribution is 2.19. The standard InChI is InChI=1S/C21H25N3OS/c25-20-18-14-16-8-3-4-9-17(16)15-19(18)22-21(26)24(20)13-7-12-23-10-5-1-2-6-11-23/h3-4,8-9,14-15H,1-2,5-7,10-13H2,(H,22,26)/p+1. The van der Waals surface area contributed by atoms with Gasteiger partial charge in [-0.25, -0.2) is 0 Å². The van der Waals surface area contributed by atoms with E-state index >= 15 is 0 Å². The van der Waals surface area contributed by atoms with Crippen molar-refractivity contribution in [2.75, 3.05) is 19.6 Å². The van der Waals surface area contributed by atoms with Crippen LogP contribution in [0.25, 0.3) is 21.7 Å². The lowest BCUT2D eigenvalue weighted by Crippen LogP contribution is -3.11. The summed E-state index contributed by atoms with van der Waals surface area (Å²) in [7, 11) is 0. The highest BCUT2D eigenvalue weighted by atomic mass is 32.1. The number of nitrogens with one attached hydrogen (secondary N) is 2. The molecule has 1 fully saturated rings. The van der Waals surface area contributed by atoms with E-state index in [9.17, 15) is 4.79 Å². The van der Waals surface area contributed by atoms with Crippen LogP contribution in [0.5, 0.6) is 0 Å². The van der Waals surface area contributed by atoms with Crippen molar-refractivity contribution in [3.05, 3.63) is 51.5 Å². The van der Waals surface area contributed by atoms with Gasteiger partial charge in [0.15, 0.2) is 4.77 Å². The molecule has 1 aromatic heterocycles. The van der Waals surface area contributed by atoms with E-state index in [-0.39, 0.29) is 5.56 Å². The van der Waals surface area contributed by atoms with Crippen LogP contribution in [0.1, 0.15) is 32.1 Å². The van der Waals surface area contributed by atoms with E-state index in [1.54, 1.807) is 9.47 Å². The Morgan fingerprint density at radius 3 is 2.46 bits per heavy atom. The number of fused-ring (bicyclic) bond motifs is 2. The minimum Gasteiger partial charge on any atom is -0.335 e. The molecule has 1 aliphatic heterocycles. The molecule has 0 amide bonds. The molecule has 0 atom stereocenters. The van der Waals surface area contributed by atoms with Crippen LogP contribution in [0, 0.1) is 4.77 Å². The third-order valence-electron chi connectivity index (χ3n) is 5.57. The van der Waals surface area contributed by atoms with Gasteiger partial charge < -0.3 is 9.88 Å². The second-order valence-corrected chi connectivity index (χ2v) is 7.79. The molecule has 136 valence electrons. The van der Waals surface area contributed by atoms with Gasteiger partial charge in [-0.15, -0.1) is 0 Å². The first kappa shape index (κ1) is 17.4. The van der Waals surface area contributed by atoms with Crippen molar-refractivity contribution in [3.8, 4) is 0 Å². The van der Waals surface area contributed by atoms with E-state index in [2.05, 4.69) is 11.1 Å². The summed E-state index contributed by atoms with van der Waals surface area (Å²) in [6.45, 7) is 4.36. The van der Waals surface area contributed by atoms with Gasteiger partial charge in [-0.2, -0.15) is 0 Å². The van der Waals surface area contributed by atoms with Gasteiger partial charge in [0.1, 0.15) is 0 Å². The quantitative estimate of drug-likeness (QED) is 0.549. The molecule has 0 aliphatic carbocycles. The summed E-state index contributed by atoms with van der Waals surface area (Å²) in [5, 5.41) is 2.93. The number of likely N-dealkylation sites (tertiary alicyclic amines) is 1. The van der Waals surface area contributed by atoms with Crippen LogP contribution in [-0.2, 0) is 6.54 Å². The SMILES string of the molecule is O=c1c2cc3ccccc3cc2[nH]c(=S)n1CCC[NH+]1CCCCCC1. The molecule has 5 heteroatoms. The lowest BCUT2D eigenvalue weighted by Gasteiger charge is -2.17. The lowest BCUT2D eigenvalue weighted by atomic mass is 10.1. The first-order chi connectivity index (χ1) is 12.7. The van der Waals surface area contributed by atoms with Crippen molar-refractivity contribution >= 4 is 33.9 Å². The zero-order chi connectivity index (χ0) is 17.9. The first-order valence-electron chi connectivity index (χ1n) is 9.71. The summed E-state index contributed by atoms with van der Waals surface area (Å²) >= 11 is 5.48. The Morgan fingerprint density at radius 2 is 1.73 bits per heavy atom. The van der Waals surface area contributed by atoms with Crippen molar-refractivity contribution in [2.45, 2.75) is 38.6 Å². The monoisotopic (exact) mass is 368 g/mol. The summed E-state index contributed by atoms with van der Waals surface area (Å²) < 4.78 is 2.27. The van der Waals surface area contributed by atoms with E-state index in [0.717, 1.165) is 34.6 Å². The minimum atomic E-state index is 0.0281. The zero-order valence-corrected chi connectivity index (χ0v) is 15.9. The number of nitrogens with zero attached hydrogens (tertiary/aromatic N) is 1. The number of hydrogen-bond donors (Lipinski definition) is 2. The molecule has 4 nitrogen and oxygen atoms in total. The Hall–Kier alpha value is -1.98. The molecular formula is C21H26N3OS+. The molecule has 2 N–H and O–H groups in total. The van der Waals surface area contributed by atoms with Crippen LogP contribution < -0.4 is 10.5 Å². The van der Waals surface area contributed by atoms with E-state index in [0.29, 0.717) is 11.3 Å². The predicted molar refractivity (Wildman–Crippen MR) is 110 cm³/mol. The molecule has 0 radical (unpaired) electrons. The van der Waals surface area contributed by atoms with Gasteiger partial charge in [-0.05, 0) is 60.8 Å². The fraction of sp³-hybridized carbons (Fsp3) is 0.429. The Labute approximate surface area is 158 Å². The fourth-order valence-corrected chi connectivity index (χ4v) is 4.39. The largest absolute Gasteiger partial charge is 0.335 e. The van der Waals surface area contributed by atoms with E-state index in [4.69, 9.17) is 12.2 Å². The number of aromatic amines is 1. The second kappa shape index (κ2) is 7.72. The van der Waals surface area contributed by atoms with Gasteiger partial charge in [0.05, 0.1) is 30.5 Å². The summed E-state index contributed by atoms with van der Waals surface area (Å²) in [5.74, 6) is 0. The van der Waals surface area contributed by atoms with Gasteiger partial charge in [-0.3, -0.25) is 9.36 Å². The number of rotatable bonds is 4. The Morgan fingerprint density at radius 1 is 1.04 bits per heavy atom. The summed E-state index contributed by atoms with van der Waals surface area (Å²) in [6.07, 6.45) is 6.39. The summed E-state index contributed by atoms with van der Waals surface area (Å²) in [6, 6.07) is 12.1. The van der Waals surface area contributed by atoms with Crippen molar-refractivity contribution in [2.24, 2.45) is 0 Å². The van der Waals surface area contributed by atoms with Crippen molar-refractivity contribution in [1.29, 1.82) is 0 Å². The fourth-order valence-electron chi connectivity index (χ4n) is 4.11. The maximum absolute atomic E-state index is 13.0. The Bertz CT molecular complexity index is 1030. The van der Waals surface area contributed by atoms with Gasteiger partial charge in [0, 0.05) is 13.0 Å². The molecule has 26 heavy (non-hydrogen) atoms. The second-order valence-electron chi connectivity index (χ2n) is 7.40. The third kappa shape index (κ3) is 3.60. The molecule has 0 bridgehead atoms. The van der Waals surface area contributed by atoms with Crippen LogP contribution >= 0.6 is 12.2 Å². The Kier molecular flexibility index (Phi) is 5.18. The van der Waals surface area contributed by atoms with Crippen LogP contribution in [0.4, 0.5) is 0 Å². The number of benzene rings is 2. The number of hydrogen-bond acceptors (Lipinski definition) is 2. The summed E-state index contributed by atoms with van der Waals surface area (Å²) in [5.41, 5.74) is 0.855. The van der Waals surface area contributed by atoms with Gasteiger partial charge in [0.25, 0.3) is 5.56 Å². The molecular weight excluding hydrogens is 342 g/mol. The van der Waals surface area contributed by atoms with E-state index in [1.807, 2.05) is 30.3 Å². The highest BCUT2D eigenvalue weighted by Gasteiger charge is 2.13. The third-order valence-corrected chi connectivity index (χ3v) is 5.89. The van der Waals surface area contributed by atoms with Gasteiger partial charge in [-0.1, -0.05) is 24.3 Å². The first-order valence-corrected chi connectivity index (χ1v) is 10.1. The van der Waals surface area contributed by atoms with Crippen LogP contribution in [0.2, 0.25) is 0 Å². The number of H-pyrrole nitrogens is 1. The molecule has 4 rings (SSSR count). The van der Waals surface area contributed by atoms with E-state index < -0.39 is 0 Å². The zero-order valence-electron chi connectivity index (χ0n) is 15.1. The molecule has 0 saturated carbocycles. The van der Waals surface area contributed by atoms with Crippen LogP contribution in [-0.4, -0.2) is 29.2 Å². The Balaban J connectivity index is 1.59. The maximum Gasteiger partial charge on any atom is 0.262 e. The number of aromatic nitrogens is 2. The molecule has 0 unspecified atom stereocenters. The normalized spacial score (nSPS) is 16.2. The van der Waals surface area contributed by atoms with Crippen molar-refractivity contribution in [1.82, 2.24) is 9.55 Å². The topological polar surface area (TPSA) is 42.2 Å². The van der Waals surface area contributed by atoms with Crippen molar-refractivity contribution in [3.63, 3.8) is 0 Å². The lowest BCUT2D eigenvalue weighted by molar-refractivity contribution is -0.899. The molecule has 3 aromatic rings. The number of quaternary nitrogens is 1. The smallest absolute Gasteiger partial charge is 0.262 e. The molecule has 2 heterocycles. The molecule has 2 aromatic carbocycles. The molecule has 0 spiro atoms. The maximum atomic E-state index is 13.0. The van der Waals surface area contributed by atoms with E-state index in [1.165, 1.54) is 38.8 Å². The van der Waals surface area contributed by atoms with Crippen LogP contribution in [0.15, 0.2) is 41.2 Å². The van der Waals surface area contributed by atoms with Crippen molar-refractivity contribution < 1.29 is 4.90 Å². The van der Waals surface area contributed by atoms with Gasteiger partial charge >= 0.3 is 0 Å². The average molecular weight is 369 g/mol. The summed E-state index contributed by atoms with van der Waals surface area (Å²) in [4.78, 5) is 17.9. The van der Waals surface area contributed by atoms with Gasteiger partial charge in [0.2, 0.25) is 0 Å². The predicted octanol–water partition coefficient (Wildman–Crippen LogP) is 3.06.